The second-order valence-electron chi connectivity index (χ2n) is 10.8. The van der Waals surface area contributed by atoms with Crippen LogP contribution in [0.4, 0.5) is 0 Å². The van der Waals surface area contributed by atoms with Gasteiger partial charge in [-0.2, -0.15) is 0 Å². The Morgan fingerprint density at radius 2 is 1.94 bits per heavy atom. The molecule has 3 atom stereocenters. The average molecular weight is 517 g/mol. The summed E-state index contributed by atoms with van der Waals surface area (Å²) in [5.41, 5.74) is 5.06. The molecule has 1 saturated heterocycles. The molecule has 3 aliphatic rings. The summed E-state index contributed by atoms with van der Waals surface area (Å²) in [7, 11) is 0. The van der Waals surface area contributed by atoms with Gasteiger partial charge in [-0.15, -0.1) is 0 Å². The second-order valence-corrected chi connectivity index (χ2v) is 11.7. The molecule has 0 radical (unpaired) electrons. The average Bonchev–Trinajstić information content (AvgIpc) is 3.26. The van der Waals surface area contributed by atoms with Crippen molar-refractivity contribution in [3.8, 4) is 11.5 Å². The fourth-order valence-electron chi connectivity index (χ4n) is 6.48. The topological polar surface area (TPSA) is 38.4 Å². The highest BCUT2D eigenvalue weighted by Gasteiger charge is 2.46. The van der Waals surface area contributed by atoms with Crippen molar-refractivity contribution in [2.24, 2.45) is 17.8 Å². The van der Waals surface area contributed by atoms with Crippen molar-refractivity contribution in [3.05, 3.63) is 58.1 Å². The van der Waals surface area contributed by atoms with Crippen LogP contribution in [0, 0.1) is 24.7 Å². The van der Waals surface area contributed by atoms with E-state index in [4.69, 9.17) is 4.42 Å². The Morgan fingerprint density at radius 1 is 1.09 bits per heavy atom. The first-order chi connectivity index (χ1) is 16.5. The lowest BCUT2D eigenvalue weighted by atomic mass is 10.0. The van der Waals surface area contributed by atoms with E-state index in [1.807, 2.05) is 12.1 Å². The van der Waals surface area contributed by atoms with Crippen LogP contribution in [0.1, 0.15) is 48.5 Å². The number of amides is 1. The zero-order valence-corrected chi connectivity index (χ0v) is 21.3. The van der Waals surface area contributed by atoms with Gasteiger partial charge in [0, 0.05) is 51.0 Å². The van der Waals surface area contributed by atoms with E-state index in [0.717, 1.165) is 63.5 Å². The number of fused-ring (bicyclic) bond motifs is 4. The van der Waals surface area contributed by atoms with Crippen LogP contribution in [-0.4, -0.2) is 28.0 Å². The Labute approximate surface area is 208 Å². The minimum Gasteiger partial charge on any atom is -0.454 e. The van der Waals surface area contributed by atoms with E-state index in [0.29, 0.717) is 17.9 Å². The quantitative estimate of drug-likeness (QED) is 0.283. The Balaban J connectivity index is 1.30. The van der Waals surface area contributed by atoms with Gasteiger partial charge >= 0.3 is 0 Å². The summed E-state index contributed by atoms with van der Waals surface area (Å²) in [6.45, 7) is 6.37. The number of aromatic nitrogens is 1. The summed E-state index contributed by atoms with van der Waals surface area (Å²) in [4.78, 5) is 15.5. The predicted octanol–water partition coefficient (Wildman–Crippen LogP) is 7.41. The number of carbonyl (C=O) groups excluding carboxylic acids is 1. The largest absolute Gasteiger partial charge is 0.454 e. The van der Waals surface area contributed by atoms with Crippen LogP contribution in [0.5, 0.6) is 0 Å². The molecule has 2 aromatic carbocycles. The summed E-state index contributed by atoms with van der Waals surface area (Å²) in [6.07, 6.45) is 5.01. The molecule has 2 bridgehead atoms. The van der Waals surface area contributed by atoms with Gasteiger partial charge in [-0.3, -0.25) is 4.79 Å². The Bertz CT molecular complexity index is 1460. The third kappa shape index (κ3) is 3.12. The van der Waals surface area contributed by atoms with Crippen molar-refractivity contribution in [2.45, 2.75) is 52.1 Å². The first-order valence-electron chi connectivity index (χ1n) is 12.6. The first-order valence-corrected chi connectivity index (χ1v) is 13.4. The number of furan rings is 1. The number of halogens is 1. The van der Waals surface area contributed by atoms with E-state index in [1.165, 1.54) is 30.2 Å². The Kier molecular flexibility index (Phi) is 4.58. The molecule has 34 heavy (non-hydrogen) atoms. The normalized spacial score (nSPS) is 24.1. The third-order valence-corrected chi connectivity index (χ3v) is 9.19. The SMILES string of the molecule is Cc1c(-c2cc3ccc(Br)cc3n2CC2CC2)oc2cc(C(=O)N3CC4CCC3[C@@H]4C)ccc12. The molecular formula is C29H29BrN2O2. The van der Waals surface area contributed by atoms with Crippen molar-refractivity contribution in [1.82, 2.24) is 9.47 Å². The molecule has 1 amide bonds. The number of nitrogens with zero attached hydrogens (tertiary/aromatic N) is 2. The highest BCUT2D eigenvalue weighted by molar-refractivity contribution is 9.10. The van der Waals surface area contributed by atoms with Gasteiger partial charge in [-0.1, -0.05) is 35.0 Å². The molecular weight excluding hydrogens is 488 g/mol. The summed E-state index contributed by atoms with van der Waals surface area (Å²) in [5, 5.41) is 2.32. The molecule has 2 aliphatic carbocycles. The number of hydrogen-bond donors (Lipinski definition) is 0. The maximum Gasteiger partial charge on any atom is 0.254 e. The summed E-state index contributed by atoms with van der Waals surface area (Å²) < 4.78 is 10.0. The molecule has 3 heterocycles. The van der Waals surface area contributed by atoms with Crippen molar-refractivity contribution in [2.75, 3.05) is 6.54 Å². The fraction of sp³-hybridized carbons (Fsp3) is 0.414. The van der Waals surface area contributed by atoms with Gasteiger partial charge in [-0.25, -0.2) is 0 Å². The molecule has 2 saturated carbocycles. The molecule has 2 unspecified atom stereocenters. The fourth-order valence-corrected chi connectivity index (χ4v) is 6.83. The van der Waals surface area contributed by atoms with E-state index in [9.17, 15) is 4.79 Å². The maximum absolute atomic E-state index is 13.4. The van der Waals surface area contributed by atoms with E-state index < -0.39 is 0 Å². The molecule has 3 fully saturated rings. The lowest BCUT2D eigenvalue weighted by Gasteiger charge is -2.27. The van der Waals surface area contributed by atoms with Gasteiger partial charge in [0.2, 0.25) is 0 Å². The smallest absolute Gasteiger partial charge is 0.254 e. The van der Waals surface area contributed by atoms with Crippen molar-refractivity contribution >= 4 is 43.7 Å². The highest BCUT2D eigenvalue weighted by Crippen LogP contribution is 2.44. The van der Waals surface area contributed by atoms with Gasteiger partial charge < -0.3 is 13.9 Å². The summed E-state index contributed by atoms with van der Waals surface area (Å²) >= 11 is 3.65. The standard InChI is InChI=1S/C29H29BrN2O2/c1-16-21-7-10-24(16)32(15-21)29(33)20-6-9-23-17(2)28(34-27(23)12-20)26-11-19-5-8-22(30)13-25(19)31(26)14-18-3-4-18/h5-6,8-9,11-13,16,18,21,24H,3-4,7,10,14-15H2,1-2H3/t16-,21?,24?/m1/s1. The molecule has 4 aromatic rings. The van der Waals surface area contributed by atoms with Gasteiger partial charge in [0.15, 0.2) is 5.76 Å². The number of piperidine rings is 1. The van der Waals surface area contributed by atoms with Crippen molar-refractivity contribution < 1.29 is 9.21 Å². The predicted molar refractivity (Wildman–Crippen MR) is 139 cm³/mol. The van der Waals surface area contributed by atoms with Gasteiger partial charge in [0.05, 0.1) is 5.69 Å². The van der Waals surface area contributed by atoms with Crippen LogP contribution in [0.15, 0.2) is 51.4 Å². The minimum atomic E-state index is 0.157. The monoisotopic (exact) mass is 516 g/mol. The van der Waals surface area contributed by atoms with Crippen LogP contribution in [0.25, 0.3) is 33.3 Å². The van der Waals surface area contributed by atoms with Gasteiger partial charge in [-0.05, 0) is 80.7 Å². The maximum atomic E-state index is 13.4. The highest BCUT2D eigenvalue weighted by atomic mass is 79.9. The first kappa shape index (κ1) is 20.8. The van der Waals surface area contributed by atoms with E-state index >= 15 is 0 Å². The van der Waals surface area contributed by atoms with Crippen LogP contribution in [-0.2, 0) is 6.54 Å². The van der Waals surface area contributed by atoms with Crippen molar-refractivity contribution in [3.63, 3.8) is 0 Å². The number of carbonyl (C=O) groups is 1. The lowest BCUT2D eigenvalue weighted by molar-refractivity contribution is 0.0696. The van der Waals surface area contributed by atoms with Crippen molar-refractivity contribution in [1.29, 1.82) is 0 Å². The van der Waals surface area contributed by atoms with Gasteiger partial charge in [0.25, 0.3) is 5.91 Å². The van der Waals surface area contributed by atoms with E-state index in [1.54, 1.807) is 0 Å². The second kappa shape index (κ2) is 7.48. The molecule has 4 nitrogen and oxygen atoms in total. The zero-order chi connectivity index (χ0) is 23.1. The molecule has 7 rings (SSSR count). The number of likely N-dealkylation sites (tertiary alicyclic amines) is 1. The van der Waals surface area contributed by atoms with Crippen LogP contribution in [0.3, 0.4) is 0 Å². The number of hydrogen-bond acceptors (Lipinski definition) is 2. The lowest BCUT2D eigenvalue weighted by Crippen LogP contribution is -2.38. The van der Waals surface area contributed by atoms with Crippen LogP contribution < -0.4 is 0 Å². The van der Waals surface area contributed by atoms with Gasteiger partial charge in [0.1, 0.15) is 5.58 Å². The van der Waals surface area contributed by atoms with Crippen LogP contribution in [0.2, 0.25) is 0 Å². The molecule has 2 aromatic heterocycles. The number of aryl methyl sites for hydroxylation is 1. The van der Waals surface area contributed by atoms with E-state index in [2.05, 4.69) is 69.6 Å². The summed E-state index contributed by atoms with van der Waals surface area (Å²) in [5.74, 6) is 3.12. The van der Waals surface area contributed by atoms with Crippen LogP contribution >= 0.6 is 15.9 Å². The Hall–Kier alpha value is -2.53. The zero-order valence-electron chi connectivity index (χ0n) is 19.7. The molecule has 5 heteroatoms. The Morgan fingerprint density at radius 3 is 2.68 bits per heavy atom. The van der Waals surface area contributed by atoms with E-state index in [-0.39, 0.29) is 5.91 Å². The minimum absolute atomic E-state index is 0.157. The molecule has 174 valence electrons. The number of benzene rings is 2. The molecule has 0 spiro atoms. The molecule has 1 aliphatic heterocycles. The molecule has 0 N–H and O–H groups in total. The summed E-state index contributed by atoms with van der Waals surface area (Å²) in [6, 6.07) is 15.2. The number of rotatable bonds is 4. The third-order valence-electron chi connectivity index (χ3n) is 8.70.